The van der Waals surface area contributed by atoms with Crippen LogP contribution in [0.4, 0.5) is 35.1 Å². The Labute approximate surface area is 205 Å². The number of fused-ring (bicyclic) bond motifs is 1. The molecule has 0 amide bonds. The van der Waals surface area contributed by atoms with Gasteiger partial charge in [0.25, 0.3) is 12.0 Å². The molecule has 0 bridgehead atoms. The third-order valence-electron chi connectivity index (χ3n) is 5.18. The molecule has 2 aromatic carbocycles. The maximum absolute atomic E-state index is 14.3. The van der Waals surface area contributed by atoms with E-state index in [4.69, 9.17) is 23.1 Å². The van der Waals surface area contributed by atoms with Crippen LogP contribution in [0.5, 0.6) is 0 Å². The van der Waals surface area contributed by atoms with E-state index in [2.05, 4.69) is 20.3 Å². The normalized spacial score (nSPS) is 12.1. The number of benzene rings is 2. The van der Waals surface area contributed by atoms with Crippen LogP contribution in [0.2, 0.25) is 5.02 Å². The van der Waals surface area contributed by atoms with Crippen molar-refractivity contribution in [3.05, 3.63) is 74.3 Å². The Hall–Kier alpha value is -4.44. The molecule has 0 saturated carbocycles. The minimum absolute atomic E-state index is 0.0148. The maximum atomic E-state index is 14.3. The number of rotatable bonds is 5. The van der Waals surface area contributed by atoms with Gasteiger partial charge in [-0.25, -0.2) is 22.5 Å². The van der Waals surface area contributed by atoms with Crippen LogP contribution in [-0.2, 0) is 0 Å². The molecule has 4 aromatic rings. The third kappa shape index (κ3) is 4.34. The SMILES string of the molecule is C[C@H](Nc1nc(N)nc(N)c1C#N)c1nc2ccc(F)c(Cl)c2c(=O)n1-c1cc(F)cc(C(F)F)c1. The van der Waals surface area contributed by atoms with Crippen LogP contribution in [0.3, 0.4) is 0 Å². The minimum atomic E-state index is -3.05. The second-order valence-electron chi connectivity index (χ2n) is 7.58. The van der Waals surface area contributed by atoms with Gasteiger partial charge < -0.3 is 16.8 Å². The lowest BCUT2D eigenvalue weighted by molar-refractivity contribution is 0.151. The van der Waals surface area contributed by atoms with Crippen LogP contribution in [0, 0.1) is 23.0 Å². The topological polar surface area (TPSA) is 149 Å². The van der Waals surface area contributed by atoms with Crippen molar-refractivity contribution < 1.29 is 17.6 Å². The van der Waals surface area contributed by atoms with E-state index in [1.54, 1.807) is 0 Å². The Bertz CT molecular complexity index is 1620. The standard InChI is InChI=1S/C22H15ClF4N8O/c1-8(31-19-12(7-28)18(29)33-22(30)34-19)20-32-14-3-2-13(25)16(23)15(14)21(36)35(20)11-5-9(17(26)27)4-10(24)6-11/h2-6,8,17H,1H3,(H5,29,30,31,33,34)/t8-/m0/s1. The summed E-state index contributed by atoms with van der Waals surface area (Å²) >= 11 is 6.02. The largest absolute Gasteiger partial charge is 0.382 e. The summed E-state index contributed by atoms with van der Waals surface area (Å²) in [5.74, 6) is -2.64. The molecule has 2 heterocycles. The van der Waals surface area contributed by atoms with Gasteiger partial charge in [0.15, 0.2) is 5.82 Å². The lowest BCUT2D eigenvalue weighted by Crippen LogP contribution is -2.28. The fraction of sp³-hybridized carbons (Fsp3) is 0.136. The highest BCUT2D eigenvalue weighted by molar-refractivity contribution is 6.35. The molecular formula is C22H15ClF4N8O. The van der Waals surface area contributed by atoms with Crippen LogP contribution in [0.15, 0.2) is 35.1 Å². The van der Waals surface area contributed by atoms with Crippen molar-refractivity contribution in [1.82, 2.24) is 19.5 Å². The van der Waals surface area contributed by atoms with Crippen molar-refractivity contribution in [2.75, 3.05) is 16.8 Å². The van der Waals surface area contributed by atoms with Crippen LogP contribution < -0.4 is 22.3 Å². The van der Waals surface area contributed by atoms with E-state index in [0.29, 0.717) is 6.07 Å². The zero-order valence-electron chi connectivity index (χ0n) is 18.2. The van der Waals surface area contributed by atoms with E-state index in [-0.39, 0.29) is 45.6 Å². The zero-order chi connectivity index (χ0) is 26.3. The molecule has 14 heteroatoms. The van der Waals surface area contributed by atoms with Crippen molar-refractivity contribution in [2.24, 2.45) is 0 Å². The highest BCUT2D eigenvalue weighted by atomic mass is 35.5. The molecule has 0 aliphatic rings. The van der Waals surface area contributed by atoms with Gasteiger partial charge in [0.1, 0.15) is 34.9 Å². The van der Waals surface area contributed by atoms with Gasteiger partial charge in [-0.15, -0.1) is 0 Å². The zero-order valence-corrected chi connectivity index (χ0v) is 19.0. The molecule has 1 atom stereocenters. The highest BCUT2D eigenvalue weighted by Crippen LogP contribution is 2.29. The lowest BCUT2D eigenvalue weighted by Gasteiger charge is -2.21. The first-order valence-corrected chi connectivity index (χ1v) is 10.5. The maximum Gasteiger partial charge on any atom is 0.267 e. The smallest absolute Gasteiger partial charge is 0.267 e. The van der Waals surface area contributed by atoms with Gasteiger partial charge in [0.05, 0.1) is 27.7 Å². The number of nitriles is 1. The summed E-state index contributed by atoms with van der Waals surface area (Å²) in [4.78, 5) is 25.5. The molecule has 0 radical (unpaired) electrons. The Morgan fingerprint density at radius 3 is 2.53 bits per heavy atom. The number of halogens is 5. The number of nitrogens with one attached hydrogen (secondary N) is 1. The predicted octanol–water partition coefficient (Wildman–Crippen LogP) is 4.25. The third-order valence-corrected chi connectivity index (χ3v) is 5.55. The van der Waals surface area contributed by atoms with E-state index < -0.39 is 40.2 Å². The van der Waals surface area contributed by atoms with Crippen molar-refractivity contribution in [3.63, 3.8) is 0 Å². The molecule has 0 fully saturated rings. The van der Waals surface area contributed by atoms with E-state index in [1.807, 2.05) is 6.07 Å². The second-order valence-corrected chi connectivity index (χ2v) is 7.96. The molecular weight excluding hydrogens is 504 g/mol. The Morgan fingerprint density at radius 2 is 1.86 bits per heavy atom. The van der Waals surface area contributed by atoms with Crippen molar-refractivity contribution >= 4 is 40.1 Å². The molecule has 9 nitrogen and oxygen atoms in total. The average molecular weight is 519 g/mol. The number of hydrogen-bond acceptors (Lipinski definition) is 8. The van der Waals surface area contributed by atoms with E-state index >= 15 is 0 Å². The van der Waals surface area contributed by atoms with Gasteiger partial charge in [-0.1, -0.05) is 11.6 Å². The summed E-state index contributed by atoms with van der Waals surface area (Å²) in [5, 5.41) is 11.4. The monoisotopic (exact) mass is 518 g/mol. The Kier molecular flexibility index (Phi) is 6.38. The lowest BCUT2D eigenvalue weighted by atomic mass is 10.1. The van der Waals surface area contributed by atoms with Gasteiger partial charge in [0, 0.05) is 5.56 Å². The Morgan fingerprint density at radius 1 is 1.14 bits per heavy atom. The molecule has 0 spiro atoms. The molecule has 0 aliphatic carbocycles. The van der Waals surface area contributed by atoms with Crippen molar-refractivity contribution in [1.29, 1.82) is 5.26 Å². The van der Waals surface area contributed by atoms with E-state index in [1.165, 1.54) is 13.0 Å². The van der Waals surface area contributed by atoms with Gasteiger partial charge in [-0.3, -0.25) is 9.36 Å². The fourth-order valence-electron chi connectivity index (χ4n) is 3.60. The molecule has 184 valence electrons. The number of aromatic nitrogens is 4. The predicted molar refractivity (Wildman–Crippen MR) is 125 cm³/mol. The number of nitrogen functional groups attached to an aromatic ring is 2. The van der Waals surface area contributed by atoms with Crippen LogP contribution in [0.1, 0.15) is 36.3 Å². The average Bonchev–Trinajstić information content (AvgIpc) is 2.80. The number of nitrogens with zero attached hydrogens (tertiary/aromatic N) is 5. The van der Waals surface area contributed by atoms with Crippen molar-refractivity contribution in [3.8, 4) is 11.8 Å². The summed E-state index contributed by atoms with van der Waals surface area (Å²) in [6, 6.07) is 5.40. The van der Waals surface area contributed by atoms with Crippen LogP contribution in [0.25, 0.3) is 16.6 Å². The first kappa shape index (κ1) is 24.7. The van der Waals surface area contributed by atoms with Crippen LogP contribution in [-0.4, -0.2) is 19.5 Å². The molecule has 0 saturated heterocycles. The van der Waals surface area contributed by atoms with Crippen molar-refractivity contribution in [2.45, 2.75) is 19.4 Å². The summed E-state index contributed by atoms with van der Waals surface area (Å²) in [6.45, 7) is 1.50. The minimum Gasteiger partial charge on any atom is -0.382 e. The first-order chi connectivity index (χ1) is 17.0. The van der Waals surface area contributed by atoms with Gasteiger partial charge in [-0.05, 0) is 37.3 Å². The summed E-state index contributed by atoms with van der Waals surface area (Å²) in [7, 11) is 0. The summed E-state index contributed by atoms with van der Waals surface area (Å²) < 4.78 is 56.0. The number of hydrogen-bond donors (Lipinski definition) is 3. The molecule has 4 rings (SSSR count). The molecule has 0 unspecified atom stereocenters. The van der Waals surface area contributed by atoms with Crippen LogP contribution >= 0.6 is 11.6 Å². The van der Waals surface area contributed by atoms with E-state index in [9.17, 15) is 27.6 Å². The molecule has 5 N–H and O–H groups in total. The number of anilines is 3. The summed E-state index contributed by atoms with van der Waals surface area (Å²) in [5.41, 5.74) is 9.24. The first-order valence-electron chi connectivity index (χ1n) is 10.1. The quantitative estimate of drug-likeness (QED) is 0.332. The van der Waals surface area contributed by atoms with Gasteiger partial charge >= 0.3 is 0 Å². The molecule has 36 heavy (non-hydrogen) atoms. The second kappa shape index (κ2) is 9.31. The summed E-state index contributed by atoms with van der Waals surface area (Å²) in [6.07, 6.45) is -3.05. The number of nitrogens with two attached hydrogens (primary N) is 2. The molecule has 0 aliphatic heterocycles. The number of alkyl halides is 2. The van der Waals surface area contributed by atoms with Gasteiger partial charge in [-0.2, -0.15) is 15.2 Å². The highest BCUT2D eigenvalue weighted by Gasteiger charge is 2.24. The Balaban J connectivity index is 2.01. The van der Waals surface area contributed by atoms with Gasteiger partial charge in [0.2, 0.25) is 5.95 Å². The van der Waals surface area contributed by atoms with E-state index in [0.717, 1.165) is 22.8 Å². The molecule has 2 aromatic heterocycles. The fourth-order valence-corrected chi connectivity index (χ4v) is 3.84.